The van der Waals surface area contributed by atoms with Crippen molar-refractivity contribution >= 4 is 17.9 Å². The molecule has 2 aromatic rings. The topological polar surface area (TPSA) is 66.8 Å². The van der Waals surface area contributed by atoms with Gasteiger partial charge in [0.1, 0.15) is 28.4 Å². The van der Waals surface area contributed by atoms with Crippen LogP contribution in [0.5, 0.6) is 17.2 Å². The van der Waals surface area contributed by atoms with Gasteiger partial charge < -0.3 is 14.9 Å². The van der Waals surface area contributed by atoms with E-state index in [1.807, 2.05) is 44.2 Å². The van der Waals surface area contributed by atoms with Gasteiger partial charge in [-0.2, -0.15) is 0 Å². The van der Waals surface area contributed by atoms with Gasteiger partial charge in [-0.15, -0.1) is 0 Å². The van der Waals surface area contributed by atoms with E-state index in [1.54, 1.807) is 18.2 Å². The van der Waals surface area contributed by atoms with Gasteiger partial charge in [0, 0.05) is 6.07 Å². The molecule has 0 bridgehead atoms. The standard InChI is InChI=1S/C20H18O4/c1-20(2)11-10-14-16(22)12-17(23)18(19(14)24-20)15(21)9-8-13-6-4-3-5-7-13/h3-12,22-23H,1-2H3. The van der Waals surface area contributed by atoms with Crippen molar-refractivity contribution in [2.24, 2.45) is 0 Å². The molecule has 0 amide bonds. The van der Waals surface area contributed by atoms with Crippen molar-refractivity contribution < 1.29 is 19.7 Å². The molecule has 0 aromatic heterocycles. The number of allylic oxidation sites excluding steroid dienone is 1. The molecule has 0 aliphatic carbocycles. The van der Waals surface area contributed by atoms with E-state index in [1.165, 1.54) is 6.08 Å². The molecule has 24 heavy (non-hydrogen) atoms. The molecule has 0 atom stereocenters. The molecule has 122 valence electrons. The van der Waals surface area contributed by atoms with E-state index in [-0.39, 0.29) is 22.8 Å². The summed E-state index contributed by atoms with van der Waals surface area (Å²) >= 11 is 0. The fourth-order valence-electron chi connectivity index (χ4n) is 2.55. The molecule has 4 heteroatoms. The Morgan fingerprint density at radius 2 is 1.83 bits per heavy atom. The first kappa shape index (κ1) is 15.9. The zero-order valence-corrected chi connectivity index (χ0v) is 13.5. The third kappa shape index (κ3) is 3.04. The van der Waals surface area contributed by atoms with E-state index in [0.29, 0.717) is 5.56 Å². The Bertz CT molecular complexity index is 846. The minimum Gasteiger partial charge on any atom is -0.507 e. The first-order chi connectivity index (χ1) is 11.4. The second-order valence-corrected chi connectivity index (χ2v) is 6.18. The second kappa shape index (κ2) is 5.89. The highest BCUT2D eigenvalue weighted by atomic mass is 16.5. The van der Waals surface area contributed by atoms with Crippen molar-refractivity contribution in [3.05, 3.63) is 65.2 Å². The highest BCUT2D eigenvalue weighted by Crippen LogP contribution is 2.43. The van der Waals surface area contributed by atoms with Crippen LogP contribution in [-0.2, 0) is 0 Å². The summed E-state index contributed by atoms with van der Waals surface area (Å²) in [6, 6.07) is 10.6. The quantitative estimate of drug-likeness (QED) is 0.657. The van der Waals surface area contributed by atoms with Gasteiger partial charge in [-0.3, -0.25) is 4.79 Å². The van der Waals surface area contributed by atoms with Gasteiger partial charge in [0.25, 0.3) is 0 Å². The number of aromatic hydroxyl groups is 2. The molecule has 0 unspecified atom stereocenters. The largest absolute Gasteiger partial charge is 0.507 e. The molecule has 4 nitrogen and oxygen atoms in total. The Labute approximate surface area is 140 Å². The van der Waals surface area contributed by atoms with Crippen LogP contribution >= 0.6 is 0 Å². The van der Waals surface area contributed by atoms with Gasteiger partial charge in [0.2, 0.25) is 0 Å². The van der Waals surface area contributed by atoms with E-state index in [2.05, 4.69) is 0 Å². The summed E-state index contributed by atoms with van der Waals surface area (Å²) in [6.07, 6.45) is 6.55. The third-order valence-electron chi connectivity index (χ3n) is 3.77. The van der Waals surface area contributed by atoms with Crippen LogP contribution in [-0.4, -0.2) is 21.6 Å². The summed E-state index contributed by atoms with van der Waals surface area (Å²) in [5.74, 6) is -0.626. The molecular formula is C20H18O4. The van der Waals surface area contributed by atoms with E-state index < -0.39 is 11.4 Å². The number of carbonyl (C=O) groups excluding carboxylic acids is 1. The SMILES string of the molecule is CC1(C)C=Cc2c(O)cc(O)c(C(=O)C=Cc3ccccc3)c2O1. The molecule has 3 rings (SSSR count). The normalized spacial score (nSPS) is 15.1. The maximum absolute atomic E-state index is 12.6. The van der Waals surface area contributed by atoms with Crippen LogP contribution in [0, 0.1) is 0 Å². The number of ketones is 1. The van der Waals surface area contributed by atoms with Crippen LogP contribution in [0.1, 0.15) is 35.3 Å². The molecule has 0 saturated carbocycles. The maximum atomic E-state index is 12.6. The lowest BCUT2D eigenvalue weighted by molar-refractivity contribution is 0.103. The average Bonchev–Trinajstić information content (AvgIpc) is 2.52. The average molecular weight is 322 g/mol. The third-order valence-corrected chi connectivity index (χ3v) is 3.77. The molecule has 1 heterocycles. The van der Waals surface area contributed by atoms with E-state index >= 15 is 0 Å². The fraction of sp³-hybridized carbons (Fsp3) is 0.150. The van der Waals surface area contributed by atoms with E-state index in [4.69, 9.17) is 4.74 Å². The Balaban J connectivity index is 2.04. The van der Waals surface area contributed by atoms with Crippen molar-refractivity contribution in [3.63, 3.8) is 0 Å². The summed E-state index contributed by atoms with van der Waals surface area (Å²) in [7, 11) is 0. The summed E-state index contributed by atoms with van der Waals surface area (Å²) in [5, 5.41) is 20.2. The van der Waals surface area contributed by atoms with Gasteiger partial charge in [0.05, 0.1) is 5.56 Å². The Morgan fingerprint density at radius 1 is 1.12 bits per heavy atom. The predicted molar refractivity (Wildman–Crippen MR) is 93.3 cm³/mol. The van der Waals surface area contributed by atoms with Crippen molar-refractivity contribution in [1.82, 2.24) is 0 Å². The Morgan fingerprint density at radius 3 is 2.54 bits per heavy atom. The van der Waals surface area contributed by atoms with Crippen LogP contribution in [0.4, 0.5) is 0 Å². The number of fused-ring (bicyclic) bond motifs is 1. The lowest BCUT2D eigenvalue weighted by Crippen LogP contribution is -2.28. The smallest absolute Gasteiger partial charge is 0.193 e. The van der Waals surface area contributed by atoms with Crippen LogP contribution in [0.15, 0.2) is 48.6 Å². The van der Waals surface area contributed by atoms with Crippen molar-refractivity contribution in [2.45, 2.75) is 19.4 Å². The second-order valence-electron chi connectivity index (χ2n) is 6.18. The molecule has 0 spiro atoms. The number of phenols is 2. The number of hydrogen-bond acceptors (Lipinski definition) is 4. The molecule has 0 radical (unpaired) electrons. The van der Waals surface area contributed by atoms with Gasteiger partial charge in [-0.1, -0.05) is 36.4 Å². The van der Waals surface area contributed by atoms with Crippen molar-refractivity contribution in [1.29, 1.82) is 0 Å². The van der Waals surface area contributed by atoms with Gasteiger partial charge in [0.15, 0.2) is 5.78 Å². The highest BCUT2D eigenvalue weighted by Gasteiger charge is 2.29. The number of carbonyl (C=O) groups is 1. The van der Waals surface area contributed by atoms with E-state index in [0.717, 1.165) is 11.6 Å². The minimum atomic E-state index is -0.634. The molecule has 1 aliphatic heterocycles. The molecule has 2 aromatic carbocycles. The lowest BCUT2D eigenvalue weighted by atomic mass is 9.96. The zero-order chi connectivity index (χ0) is 17.3. The molecular weight excluding hydrogens is 304 g/mol. The van der Waals surface area contributed by atoms with Crippen LogP contribution in [0.3, 0.4) is 0 Å². The number of rotatable bonds is 3. The lowest BCUT2D eigenvalue weighted by Gasteiger charge is -2.29. The first-order valence-electron chi connectivity index (χ1n) is 7.62. The summed E-state index contributed by atoms with van der Waals surface area (Å²) in [6.45, 7) is 3.67. The molecule has 0 saturated heterocycles. The number of benzene rings is 2. The number of hydrogen-bond donors (Lipinski definition) is 2. The Hall–Kier alpha value is -3.01. The molecule has 2 N–H and O–H groups in total. The zero-order valence-electron chi connectivity index (χ0n) is 13.5. The first-order valence-corrected chi connectivity index (χ1v) is 7.62. The van der Waals surface area contributed by atoms with Crippen molar-refractivity contribution in [3.8, 4) is 17.2 Å². The minimum absolute atomic E-state index is 0.0485. The molecule has 1 aliphatic rings. The summed E-state index contributed by atoms with van der Waals surface area (Å²) in [4.78, 5) is 12.6. The fourth-order valence-corrected chi connectivity index (χ4v) is 2.55. The maximum Gasteiger partial charge on any atom is 0.193 e. The van der Waals surface area contributed by atoms with Gasteiger partial charge >= 0.3 is 0 Å². The number of phenolic OH excluding ortho intramolecular Hbond substituents is 2. The van der Waals surface area contributed by atoms with Crippen LogP contribution < -0.4 is 4.74 Å². The van der Waals surface area contributed by atoms with Gasteiger partial charge in [-0.25, -0.2) is 0 Å². The van der Waals surface area contributed by atoms with Crippen LogP contribution in [0.25, 0.3) is 12.2 Å². The van der Waals surface area contributed by atoms with Crippen molar-refractivity contribution in [2.75, 3.05) is 0 Å². The van der Waals surface area contributed by atoms with E-state index in [9.17, 15) is 15.0 Å². The Kier molecular flexibility index (Phi) is 3.89. The summed E-state index contributed by atoms with van der Waals surface area (Å²) in [5.41, 5.74) is 0.681. The predicted octanol–water partition coefficient (Wildman–Crippen LogP) is 4.18. The van der Waals surface area contributed by atoms with Gasteiger partial charge in [-0.05, 0) is 37.6 Å². The highest BCUT2D eigenvalue weighted by molar-refractivity contribution is 6.11. The number of ether oxygens (including phenoxy) is 1. The monoisotopic (exact) mass is 322 g/mol. The van der Waals surface area contributed by atoms with Crippen LogP contribution in [0.2, 0.25) is 0 Å². The molecule has 0 fully saturated rings. The summed E-state index contributed by atoms with van der Waals surface area (Å²) < 4.78 is 5.82.